The minimum Gasteiger partial charge on any atom is -0.488 e. The Balaban J connectivity index is 3.66. The third kappa shape index (κ3) is 4.60. The average molecular weight is 343 g/mol. The van der Waals surface area contributed by atoms with E-state index in [-0.39, 0.29) is 12.7 Å². The van der Waals surface area contributed by atoms with E-state index in [0.717, 1.165) is 6.08 Å². The summed E-state index contributed by atoms with van der Waals surface area (Å²) in [6.45, 7) is 3.86. The molecule has 0 fully saturated rings. The molecule has 128 valence electrons. The highest BCUT2D eigenvalue weighted by Crippen LogP contribution is 2.39. The molecule has 23 heavy (non-hydrogen) atoms. The maximum Gasteiger partial charge on any atom is 0.434 e. The first-order valence-corrected chi connectivity index (χ1v) is 6.12. The van der Waals surface area contributed by atoms with E-state index in [4.69, 9.17) is 4.74 Å². The van der Waals surface area contributed by atoms with E-state index in [9.17, 15) is 31.1 Å². The lowest BCUT2D eigenvalue weighted by molar-refractivity contribution is -0.150. The predicted octanol–water partition coefficient (Wildman–Crippen LogP) is 3.86. The van der Waals surface area contributed by atoms with Crippen LogP contribution < -0.4 is 4.74 Å². The quantitative estimate of drug-likeness (QED) is 0.463. The van der Waals surface area contributed by atoms with E-state index in [1.54, 1.807) is 0 Å². The van der Waals surface area contributed by atoms with Crippen molar-refractivity contribution in [2.45, 2.75) is 19.3 Å². The molecule has 0 amide bonds. The van der Waals surface area contributed by atoms with Crippen LogP contribution in [0.5, 0.6) is 5.75 Å². The van der Waals surface area contributed by atoms with Crippen LogP contribution in [0.4, 0.5) is 26.3 Å². The molecule has 1 aromatic heterocycles. The Morgan fingerprint density at radius 1 is 1.26 bits per heavy atom. The molecule has 0 unspecified atom stereocenters. The van der Waals surface area contributed by atoms with Gasteiger partial charge in [0.25, 0.3) is 0 Å². The first-order valence-electron chi connectivity index (χ1n) is 6.12. The van der Waals surface area contributed by atoms with Crippen molar-refractivity contribution in [3.05, 3.63) is 35.7 Å². The van der Waals surface area contributed by atoms with E-state index in [2.05, 4.69) is 16.3 Å². The maximum atomic E-state index is 13.0. The minimum atomic E-state index is -5.31. The zero-order chi connectivity index (χ0) is 17.8. The standard InChI is InChI=1S/C13H11F6NO3/c1-3-5-23-7-6-8(12(14,15)16)20-10(13(17,18)19)9(7)11(21)22-4-2/h3,6H,1,4-5H2,2H3. The number of esters is 1. The summed E-state index contributed by atoms with van der Waals surface area (Å²) in [5.41, 5.74) is -5.07. The van der Waals surface area contributed by atoms with Crippen LogP contribution >= 0.6 is 0 Å². The number of hydrogen-bond donors (Lipinski definition) is 0. The maximum absolute atomic E-state index is 13.0. The molecule has 0 saturated carbocycles. The molecule has 4 nitrogen and oxygen atoms in total. The van der Waals surface area contributed by atoms with Crippen molar-refractivity contribution in [1.82, 2.24) is 4.98 Å². The topological polar surface area (TPSA) is 48.4 Å². The molecule has 0 aliphatic carbocycles. The lowest BCUT2D eigenvalue weighted by Crippen LogP contribution is -2.22. The highest BCUT2D eigenvalue weighted by atomic mass is 19.4. The van der Waals surface area contributed by atoms with Gasteiger partial charge in [0.2, 0.25) is 0 Å². The molecule has 10 heteroatoms. The predicted molar refractivity (Wildman–Crippen MR) is 65.9 cm³/mol. The van der Waals surface area contributed by atoms with Crippen molar-refractivity contribution < 1.29 is 40.6 Å². The fourth-order valence-corrected chi connectivity index (χ4v) is 1.54. The molecule has 0 spiro atoms. The lowest BCUT2D eigenvalue weighted by atomic mass is 10.1. The van der Waals surface area contributed by atoms with Gasteiger partial charge in [-0.15, -0.1) is 0 Å². The van der Waals surface area contributed by atoms with Crippen LogP contribution in [0.2, 0.25) is 0 Å². The van der Waals surface area contributed by atoms with Gasteiger partial charge in [-0.1, -0.05) is 12.7 Å². The number of aromatic nitrogens is 1. The number of alkyl halides is 6. The Morgan fingerprint density at radius 3 is 2.30 bits per heavy atom. The first kappa shape index (κ1) is 18.8. The Morgan fingerprint density at radius 2 is 1.87 bits per heavy atom. The summed E-state index contributed by atoms with van der Waals surface area (Å²) in [6, 6.07) is 0.213. The Kier molecular flexibility index (Phi) is 5.62. The first-order chi connectivity index (χ1) is 10.5. The molecule has 1 heterocycles. The number of ether oxygens (including phenoxy) is 2. The number of halogens is 6. The van der Waals surface area contributed by atoms with Crippen LogP contribution in [0.15, 0.2) is 18.7 Å². The minimum absolute atomic E-state index is 0.213. The SMILES string of the molecule is C=CCOc1cc(C(F)(F)F)nc(C(F)(F)F)c1C(=O)OCC. The summed E-state index contributed by atoms with van der Waals surface area (Å²) >= 11 is 0. The zero-order valence-electron chi connectivity index (χ0n) is 11.7. The van der Waals surface area contributed by atoms with Crippen LogP contribution in [0.3, 0.4) is 0 Å². The van der Waals surface area contributed by atoms with Gasteiger partial charge in [-0.25, -0.2) is 9.78 Å². The molecule has 0 aromatic carbocycles. The van der Waals surface area contributed by atoms with Crippen LogP contribution in [0.25, 0.3) is 0 Å². The van der Waals surface area contributed by atoms with Gasteiger partial charge >= 0.3 is 18.3 Å². The summed E-state index contributed by atoms with van der Waals surface area (Å²) in [5, 5.41) is 0. The van der Waals surface area contributed by atoms with Gasteiger partial charge in [-0.3, -0.25) is 0 Å². The summed E-state index contributed by atoms with van der Waals surface area (Å²) in [5.74, 6) is -2.42. The third-order valence-electron chi connectivity index (χ3n) is 2.38. The lowest BCUT2D eigenvalue weighted by Gasteiger charge is -2.17. The van der Waals surface area contributed by atoms with E-state index in [1.807, 2.05) is 0 Å². The summed E-state index contributed by atoms with van der Waals surface area (Å²) in [6.07, 6.45) is -9.37. The molecule has 1 aromatic rings. The molecule has 0 N–H and O–H groups in total. The van der Waals surface area contributed by atoms with Gasteiger partial charge in [-0.2, -0.15) is 26.3 Å². The summed E-state index contributed by atoms with van der Waals surface area (Å²) < 4.78 is 86.4. The van der Waals surface area contributed by atoms with Crippen molar-refractivity contribution in [3.8, 4) is 5.75 Å². The Bertz CT molecular complexity index is 595. The number of nitrogens with zero attached hydrogens (tertiary/aromatic N) is 1. The zero-order valence-corrected chi connectivity index (χ0v) is 11.7. The Hall–Kier alpha value is -2.26. The summed E-state index contributed by atoms with van der Waals surface area (Å²) in [4.78, 5) is 14.2. The average Bonchev–Trinajstić information content (AvgIpc) is 2.42. The van der Waals surface area contributed by atoms with Gasteiger partial charge in [-0.05, 0) is 6.92 Å². The van der Waals surface area contributed by atoms with Crippen molar-refractivity contribution >= 4 is 5.97 Å². The fraction of sp³-hybridized carbons (Fsp3) is 0.385. The van der Waals surface area contributed by atoms with Gasteiger partial charge in [0, 0.05) is 6.07 Å². The van der Waals surface area contributed by atoms with Gasteiger partial charge in [0.05, 0.1) is 6.61 Å². The van der Waals surface area contributed by atoms with Crippen LogP contribution in [-0.4, -0.2) is 24.2 Å². The number of pyridine rings is 1. The van der Waals surface area contributed by atoms with Crippen molar-refractivity contribution in [2.75, 3.05) is 13.2 Å². The second kappa shape index (κ2) is 6.88. The number of rotatable bonds is 5. The molecular formula is C13H11F6NO3. The largest absolute Gasteiger partial charge is 0.488 e. The van der Waals surface area contributed by atoms with Crippen LogP contribution in [-0.2, 0) is 17.1 Å². The molecule has 0 aliphatic heterocycles. The highest BCUT2D eigenvalue weighted by molar-refractivity contribution is 5.94. The molecule has 0 bridgehead atoms. The highest BCUT2D eigenvalue weighted by Gasteiger charge is 2.44. The van der Waals surface area contributed by atoms with E-state index in [0.29, 0.717) is 0 Å². The molecule has 0 atom stereocenters. The normalized spacial score (nSPS) is 12.0. The van der Waals surface area contributed by atoms with Crippen LogP contribution in [0, 0.1) is 0 Å². The summed E-state index contributed by atoms with van der Waals surface area (Å²) in [7, 11) is 0. The second-order valence-electron chi connectivity index (χ2n) is 4.04. The molecule has 0 radical (unpaired) electrons. The van der Waals surface area contributed by atoms with Crippen molar-refractivity contribution in [1.29, 1.82) is 0 Å². The van der Waals surface area contributed by atoms with E-state index < -0.39 is 47.6 Å². The molecule has 0 saturated heterocycles. The van der Waals surface area contributed by atoms with E-state index in [1.165, 1.54) is 6.92 Å². The number of carbonyl (C=O) groups excluding carboxylic acids is 1. The van der Waals surface area contributed by atoms with Gasteiger partial charge < -0.3 is 9.47 Å². The molecule has 0 aliphatic rings. The van der Waals surface area contributed by atoms with Gasteiger partial charge in [0.1, 0.15) is 23.6 Å². The second-order valence-corrected chi connectivity index (χ2v) is 4.04. The number of hydrogen-bond acceptors (Lipinski definition) is 4. The van der Waals surface area contributed by atoms with Gasteiger partial charge in [0.15, 0.2) is 5.69 Å². The Labute approximate surface area is 126 Å². The third-order valence-corrected chi connectivity index (χ3v) is 2.38. The molecular weight excluding hydrogens is 332 g/mol. The van der Waals surface area contributed by atoms with Crippen molar-refractivity contribution in [2.24, 2.45) is 0 Å². The molecule has 1 rings (SSSR count). The smallest absolute Gasteiger partial charge is 0.434 e. The number of carbonyl (C=O) groups is 1. The monoisotopic (exact) mass is 343 g/mol. The fourth-order valence-electron chi connectivity index (χ4n) is 1.54. The van der Waals surface area contributed by atoms with E-state index >= 15 is 0 Å². The van der Waals surface area contributed by atoms with Crippen LogP contribution in [0.1, 0.15) is 28.7 Å². The van der Waals surface area contributed by atoms with Crippen molar-refractivity contribution in [3.63, 3.8) is 0 Å².